The van der Waals surface area contributed by atoms with Crippen molar-refractivity contribution in [2.45, 2.75) is 6.42 Å². The number of aliphatic hydroxyl groups excluding tert-OH is 1. The summed E-state index contributed by atoms with van der Waals surface area (Å²) >= 11 is 0. The van der Waals surface area contributed by atoms with Crippen molar-refractivity contribution in [3.05, 3.63) is 59.4 Å². The molecule has 4 N–H and O–H groups in total. The number of rotatable bonds is 5. The van der Waals surface area contributed by atoms with Crippen molar-refractivity contribution in [3.63, 3.8) is 0 Å². The number of aliphatic hydroxyl groups is 1. The lowest BCUT2D eigenvalue weighted by atomic mass is 10.1. The molecule has 20 heavy (non-hydrogen) atoms. The molecule has 5 heteroatoms. The largest absolute Gasteiger partial charge is 0.456 e. The number of nitrogens with one attached hydrogen (secondary N) is 1. The van der Waals surface area contributed by atoms with Crippen molar-refractivity contribution in [3.8, 4) is 11.5 Å². The van der Waals surface area contributed by atoms with Gasteiger partial charge in [-0.15, -0.1) is 0 Å². The van der Waals surface area contributed by atoms with Crippen LogP contribution in [0.4, 0.5) is 4.39 Å². The summed E-state index contributed by atoms with van der Waals surface area (Å²) in [5, 5.41) is 16.2. The van der Waals surface area contributed by atoms with E-state index in [1.807, 2.05) is 12.1 Å². The lowest BCUT2D eigenvalue weighted by Crippen LogP contribution is -2.14. The number of halogens is 1. The highest BCUT2D eigenvalue weighted by Gasteiger charge is 2.13. The molecule has 2 aromatic rings. The van der Waals surface area contributed by atoms with Crippen LogP contribution in [0.5, 0.6) is 11.5 Å². The van der Waals surface area contributed by atoms with Gasteiger partial charge < -0.3 is 15.6 Å². The molecule has 0 aliphatic carbocycles. The van der Waals surface area contributed by atoms with Gasteiger partial charge in [-0.2, -0.15) is 0 Å². The van der Waals surface area contributed by atoms with E-state index in [4.69, 9.17) is 21.0 Å². The lowest BCUT2D eigenvalue weighted by molar-refractivity contribution is 0.299. The Kier molecular flexibility index (Phi) is 4.32. The smallest absolute Gasteiger partial charge is 0.141 e. The maximum atomic E-state index is 13.6. The van der Waals surface area contributed by atoms with Crippen LogP contribution in [-0.2, 0) is 6.42 Å². The third-order valence-corrected chi connectivity index (χ3v) is 2.80. The minimum absolute atomic E-state index is 0.0491. The van der Waals surface area contributed by atoms with E-state index in [1.165, 1.54) is 12.1 Å². The fourth-order valence-corrected chi connectivity index (χ4v) is 1.83. The van der Waals surface area contributed by atoms with Gasteiger partial charge in [0.05, 0.1) is 5.56 Å². The van der Waals surface area contributed by atoms with Crippen molar-refractivity contribution in [2.24, 2.45) is 5.73 Å². The Morgan fingerprint density at radius 2 is 1.90 bits per heavy atom. The molecule has 0 aromatic heterocycles. The monoisotopic (exact) mass is 274 g/mol. The van der Waals surface area contributed by atoms with E-state index in [1.54, 1.807) is 18.2 Å². The topological polar surface area (TPSA) is 79.3 Å². The lowest BCUT2D eigenvalue weighted by Gasteiger charge is -2.11. The third kappa shape index (κ3) is 3.13. The van der Waals surface area contributed by atoms with Gasteiger partial charge in [0, 0.05) is 6.61 Å². The van der Waals surface area contributed by atoms with Gasteiger partial charge in [-0.25, -0.2) is 4.39 Å². The maximum absolute atomic E-state index is 13.6. The first-order valence-corrected chi connectivity index (χ1v) is 6.12. The van der Waals surface area contributed by atoms with Crippen LogP contribution in [0.15, 0.2) is 42.5 Å². The van der Waals surface area contributed by atoms with Gasteiger partial charge in [0.2, 0.25) is 0 Å². The molecular weight excluding hydrogens is 259 g/mol. The van der Waals surface area contributed by atoms with Crippen LogP contribution in [-0.4, -0.2) is 17.5 Å². The highest BCUT2D eigenvalue weighted by molar-refractivity contribution is 5.98. The Labute approximate surface area is 116 Å². The first-order valence-electron chi connectivity index (χ1n) is 6.12. The molecule has 0 unspecified atom stereocenters. The molecule has 0 saturated heterocycles. The number of amidine groups is 1. The second-order valence-corrected chi connectivity index (χ2v) is 4.25. The van der Waals surface area contributed by atoms with Crippen LogP contribution in [0.25, 0.3) is 0 Å². The van der Waals surface area contributed by atoms with E-state index in [-0.39, 0.29) is 23.8 Å². The molecule has 2 aromatic carbocycles. The number of ether oxygens (including phenoxy) is 1. The summed E-state index contributed by atoms with van der Waals surface area (Å²) in [6.45, 7) is 0.0819. The van der Waals surface area contributed by atoms with Gasteiger partial charge in [-0.1, -0.05) is 18.2 Å². The molecule has 0 heterocycles. The van der Waals surface area contributed by atoms with E-state index >= 15 is 0 Å². The molecule has 0 saturated carbocycles. The van der Waals surface area contributed by atoms with Crippen LogP contribution in [0, 0.1) is 11.2 Å². The predicted molar refractivity (Wildman–Crippen MR) is 74.7 cm³/mol. The Bertz CT molecular complexity index is 612. The molecule has 0 fully saturated rings. The molecule has 104 valence electrons. The second kappa shape index (κ2) is 6.16. The summed E-state index contributed by atoms with van der Waals surface area (Å²) in [5.74, 6) is -0.255. The van der Waals surface area contributed by atoms with Gasteiger partial charge in [0.1, 0.15) is 23.2 Å². The van der Waals surface area contributed by atoms with Crippen molar-refractivity contribution in [2.75, 3.05) is 6.61 Å². The standard InChI is InChI=1S/C15H15FN2O2/c16-12-2-1-3-13(14(12)15(17)18)20-11-6-4-10(5-7-11)8-9-19/h1-7,19H,8-9H2,(H3,17,18). The normalized spacial score (nSPS) is 10.3. The fourth-order valence-electron chi connectivity index (χ4n) is 1.83. The van der Waals surface area contributed by atoms with E-state index in [2.05, 4.69) is 0 Å². The van der Waals surface area contributed by atoms with Crippen LogP contribution < -0.4 is 10.5 Å². The van der Waals surface area contributed by atoms with Crippen LogP contribution >= 0.6 is 0 Å². The van der Waals surface area contributed by atoms with Gasteiger partial charge >= 0.3 is 0 Å². The molecule has 0 aliphatic heterocycles. The van der Waals surface area contributed by atoms with Gasteiger partial charge in [-0.3, -0.25) is 5.41 Å². The van der Waals surface area contributed by atoms with Crippen LogP contribution in [0.1, 0.15) is 11.1 Å². The highest BCUT2D eigenvalue weighted by Crippen LogP contribution is 2.27. The first-order chi connectivity index (χ1) is 9.61. The summed E-state index contributed by atoms with van der Waals surface area (Å²) in [5.41, 5.74) is 6.30. The maximum Gasteiger partial charge on any atom is 0.141 e. The van der Waals surface area contributed by atoms with Crippen molar-refractivity contribution >= 4 is 5.84 Å². The van der Waals surface area contributed by atoms with Gasteiger partial charge in [0.25, 0.3) is 0 Å². The molecule has 0 aliphatic rings. The molecule has 2 rings (SSSR count). The molecule has 0 bridgehead atoms. The number of nitrogen functional groups attached to an aromatic ring is 1. The minimum Gasteiger partial charge on any atom is -0.456 e. The average Bonchev–Trinajstić information content (AvgIpc) is 2.41. The molecule has 0 spiro atoms. The Morgan fingerprint density at radius 1 is 1.20 bits per heavy atom. The zero-order chi connectivity index (χ0) is 14.5. The summed E-state index contributed by atoms with van der Waals surface area (Å²) < 4.78 is 19.2. The van der Waals surface area contributed by atoms with Crippen molar-refractivity contribution in [1.29, 1.82) is 5.41 Å². The van der Waals surface area contributed by atoms with E-state index in [0.29, 0.717) is 12.2 Å². The van der Waals surface area contributed by atoms with Gasteiger partial charge in [0.15, 0.2) is 0 Å². The minimum atomic E-state index is -0.591. The first kappa shape index (κ1) is 14.0. The average molecular weight is 274 g/mol. The zero-order valence-electron chi connectivity index (χ0n) is 10.8. The quantitative estimate of drug-likeness (QED) is 0.578. The summed E-state index contributed by atoms with van der Waals surface area (Å²) in [4.78, 5) is 0. The highest BCUT2D eigenvalue weighted by atomic mass is 19.1. The Hall–Kier alpha value is -2.40. The number of hydrogen-bond donors (Lipinski definition) is 3. The van der Waals surface area contributed by atoms with Crippen LogP contribution in [0.3, 0.4) is 0 Å². The second-order valence-electron chi connectivity index (χ2n) is 4.25. The summed E-state index contributed by atoms with van der Waals surface area (Å²) in [6, 6.07) is 11.4. The zero-order valence-corrected chi connectivity index (χ0v) is 10.8. The van der Waals surface area contributed by atoms with Crippen molar-refractivity contribution in [1.82, 2.24) is 0 Å². The number of nitrogens with two attached hydrogens (primary N) is 1. The predicted octanol–water partition coefficient (Wildman–Crippen LogP) is 2.44. The molecule has 0 atom stereocenters. The van der Waals surface area contributed by atoms with E-state index in [0.717, 1.165) is 5.56 Å². The fraction of sp³-hybridized carbons (Fsp3) is 0.133. The number of hydrogen-bond acceptors (Lipinski definition) is 3. The molecule has 0 radical (unpaired) electrons. The van der Waals surface area contributed by atoms with Crippen LogP contribution in [0.2, 0.25) is 0 Å². The molecule has 0 amide bonds. The number of benzene rings is 2. The molecule has 4 nitrogen and oxygen atoms in total. The van der Waals surface area contributed by atoms with Gasteiger partial charge in [-0.05, 0) is 36.2 Å². The molecular formula is C15H15FN2O2. The third-order valence-electron chi connectivity index (χ3n) is 2.80. The summed E-state index contributed by atoms with van der Waals surface area (Å²) in [6.07, 6.45) is 0.568. The Morgan fingerprint density at radius 3 is 2.50 bits per heavy atom. The summed E-state index contributed by atoms with van der Waals surface area (Å²) in [7, 11) is 0. The van der Waals surface area contributed by atoms with E-state index < -0.39 is 5.82 Å². The van der Waals surface area contributed by atoms with E-state index in [9.17, 15) is 4.39 Å². The SMILES string of the molecule is N=C(N)c1c(F)cccc1Oc1ccc(CCO)cc1. The Balaban J connectivity index is 2.26. The van der Waals surface area contributed by atoms with Crippen molar-refractivity contribution < 1.29 is 14.2 Å².